The maximum atomic E-state index is 13.3. The predicted molar refractivity (Wildman–Crippen MR) is 151 cm³/mol. The maximum absolute atomic E-state index is 13.3. The van der Waals surface area contributed by atoms with Crippen molar-refractivity contribution in [2.45, 2.75) is 63.6 Å². The number of carbonyl (C=O) groups excluding carboxylic acids is 2. The van der Waals surface area contributed by atoms with Gasteiger partial charge in [0.15, 0.2) is 0 Å². The van der Waals surface area contributed by atoms with Gasteiger partial charge in [0.05, 0.1) is 10.5 Å². The molecule has 4 rings (SSSR count). The van der Waals surface area contributed by atoms with Gasteiger partial charge in [-0.05, 0) is 69.5 Å². The van der Waals surface area contributed by atoms with Crippen LogP contribution in [-0.2, 0) is 28.5 Å². The Labute approximate surface area is 228 Å². The summed E-state index contributed by atoms with van der Waals surface area (Å²) in [6.45, 7) is 10.5. The molecule has 0 unspecified atom stereocenters. The van der Waals surface area contributed by atoms with E-state index in [1.54, 1.807) is 6.92 Å². The molecule has 0 spiro atoms. The molecular formula is C28H34N4O4S2. The average Bonchev–Trinajstić information content (AvgIpc) is 3.20. The van der Waals surface area contributed by atoms with Crippen LogP contribution in [0.3, 0.4) is 0 Å². The first kappa shape index (κ1) is 28.0. The molecule has 8 nitrogen and oxygen atoms in total. The highest BCUT2D eigenvalue weighted by molar-refractivity contribution is 7.89. The number of hydrogen-bond acceptors (Lipinski definition) is 6. The average molecular weight is 555 g/mol. The molecule has 0 aliphatic carbocycles. The zero-order chi connectivity index (χ0) is 27.9. The van der Waals surface area contributed by atoms with Crippen LogP contribution >= 0.6 is 11.3 Å². The number of benzene rings is 2. The first-order valence-corrected chi connectivity index (χ1v) is 14.7. The fraction of sp³-hybridized carbons (Fsp3) is 0.357. The first-order valence-electron chi connectivity index (χ1n) is 12.5. The molecule has 0 radical (unpaired) electrons. The van der Waals surface area contributed by atoms with Crippen molar-refractivity contribution in [2.24, 2.45) is 5.73 Å². The maximum Gasteiger partial charge on any atom is 0.256 e. The molecule has 2 heterocycles. The Hall–Kier alpha value is -3.05. The Kier molecular flexibility index (Phi) is 7.55. The van der Waals surface area contributed by atoms with Crippen molar-refractivity contribution in [1.29, 1.82) is 0 Å². The van der Waals surface area contributed by atoms with Crippen molar-refractivity contribution < 1.29 is 18.0 Å². The number of carbonyl (C=O) groups is 2. The second-order valence-electron chi connectivity index (χ2n) is 10.7. The fourth-order valence-corrected chi connectivity index (χ4v) is 7.85. The van der Waals surface area contributed by atoms with E-state index in [0.717, 1.165) is 16.0 Å². The largest absolute Gasteiger partial charge is 0.365 e. The summed E-state index contributed by atoms with van der Waals surface area (Å²) in [5, 5.41) is 6.83. The minimum atomic E-state index is -3.76. The van der Waals surface area contributed by atoms with Gasteiger partial charge in [0.1, 0.15) is 5.00 Å². The van der Waals surface area contributed by atoms with Gasteiger partial charge < -0.3 is 16.4 Å². The Morgan fingerprint density at radius 2 is 1.68 bits per heavy atom. The summed E-state index contributed by atoms with van der Waals surface area (Å²) >= 11 is 1.34. The fourth-order valence-electron chi connectivity index (χ4n) is 5.13. The minimum absolute atomic E-state index is 0.103. The first-order chi connectivity index (χ1) is 17.7. The lowest BCUT2D eigenvalue weighted by molar-refractivity contribution is 0.0999. The summed E-state index contributed by atoms with van der Waals surface area (Å²) in [7, 11) is -3.76. The summed E-state index contributed by atoms with van der Waals surface area (Å²) in [6.07, 6.45) is 0.597. The number of nitrogens with two attached hydrogens (primary N) is 1. The molecule has 38 heavy (non-hydrogen) atoms. The number of anilines is 1. The molecule has 2 aromatic carbocycles. The molecule has 0 saturated heterocycles. The van der Waals surface area contributed by atoms with Crippen molar-refractivity contribution in [1.82, 2.24) is 9.62 Å². The van der Waals surface area contributed by atoms with Crippen molar-refractivity contribution in [3.8, 4) is 0 Å². The van der Waals surface area contributed by atoms with Crippen LogP contribution in [0, 0.1) is 0 Å². The van der Waals surface area contributed by atoms with E-state index in [4.69, 9.17) is 5.73 Å². The number of amides is 2. The molecule has 1 aromatic heterocycles. The number of thiophene rings is 1. The topological polar surface area (TPSA) is 122 Å². The van der Waals surface area contributed by atoms with E-state index in [0.29, 0.717) is 23.5 Å². The Morgan fingerprint density at radius 1 is 1.05 bits per heavy atom. The zero-order valence-corrected chi connectivity index (χ0v) is 23.9. The standard InChI is InChI=1S/C28H34N4O4S2/c1-6-32(17-18-10-8-7-9-11-18)38(35,36)20-14-12-19(13-15-20)25(34)30-26-22(24(29)33)21-16-27(2,3)31-28(4,5)23(21)37-26/h7-15,31H,6,16-17H2,1-5H3,(H2,29,33)(H,30,34). The van der Waals surface area contributed by atoms with E-state index in [-0.39, 0.29) is 22.5 Å². The van der Waals surface area contributed by atoms with Crippen LogP contribution in [0.4, 0.5) is 5.00 Å². The molecule has 0 atom stereocenters. The van der Waals surface area contributed by atoms with Crippen LogP contribution in [0.5, 0.6) is 0 Å². The van der Waals surface area contributed by atoms with Gasteiger partial charge in [0.2, 0.25) is 10.0 Å². The Balaban J connectivity index is 1.58. The monoisotopic (exact) mass is 554 g/mol. The highest BCUT2D eigenvalue weighted by atomic mass is 32.2. The summed E-state index contributed by atoms with van der Waals surface area (Å²) in [4.78, 5) is 26.7. The molecule has 2 amide bonds. The predicted octanol–water partition coefficient (Wildman–Crippen LogP) is 4.47. The Bertz CT molecular complexity index is 1460. The molecule has 0 saturated carbocycles. The van der Waals surface area contributed by atoms with Gasteiger partial charge in [0, 0.05) is 34.6 Å². The highest BCUT2D eigenvalue weighted by Gasteiger charge is 2.41. The lowest BCUT2D eigenvalue weighted by Gasteiger charge is -2.42. The molecule has 4 N–H and O–H groups in total. The number of sulfonamides is 1. The van der Waals surface area contributed by atoms with E-state index < -0.39 is 27.4 Å². The van der Waals surface area contributed by atoms with Crippen LogP contribution in [0.15, 0.2) is 59.5 Å². The number of nitrogens with one attached hydrogen (secondary N) is 2. The number of hydrogen-bond donors (Lipinski definition) is 3. The van der Waals surface area contributed by atoms with Gasteiger partial charge >= 0.3 is 0 Å². The van der Waals surface area contributed by atoms with Crippen LogP contribution in [0.1, 0.15) is 71.3 Å². The lowest BCUT2D eigenvalue weighted by Crippen LogP contribution is -2.55. The second-order valence-corrected chi connectivity index (χ2v) is 13.6. The summed E-state index contributed by atoms with van der Waals surface area (Å²) in [6, 6.07) is 15.2. The lowest BCUT2D eigenvalue weighted by atomic mass is 9.81. The van der Waals surface area contributed by atoms with E-state index >= 15 is 0 Å². The number of fused-ring (bicyclic) bond motifs is 1. The van der Waals surface area contributed by atoms with Crippen molar-refractivity contribution in [3.05, 3.63) is 81.7 Å². The molecule has 10 heteroatoms. The molecule has 3 aromatic rings. The van der Waals surface area contributed by atoms with Gasteiger partial charge in [-0.15, -0.1) is 11.3 Å². The van der Waals surface area contributed by atoms with Gasteiger partial charge in [0.25, 0.3) is 11.8 Å². The quantitative estimate of drug-likeness (QED) is 0.379. The second kappa shape index (κ2) is 10.3. The van der Waals surface area contributed by atoms with E-state index in [9.17, 15) is 18.0 Å². The van der Waals surface area contributed by atoms with Gasteiger partial charge in [-0.3, -0.25) is 9.59 Å². The molecule has 1 aliphatic rings. The minimum Gasteiger partial charge on any atom is -0.365 e. The highest BCUT2D eigenvalue weighted by Crippen LogP contribution is 2.45. The molecule has 0 fully saturated rings. The zero-order valence-electron chi connectivity index (χ0n) is 22.3. The van der Waals surface area contributed by atoms with E-state index in [1.165, 1.54) is 39.9 Å². The number of rotatable bonds is 8. The van der Waals surface area contributed by atoms with Crippen molar-refractivity contribution in [3.63, 3.8) is 0 Å². The normalized spacial score (nSPS) is 16.2. The van der Waals surface area contributed by atoms with Crippen molar-refractivity contribution in [2.75, 3.05) is 11.9 Å². The van der Waals surface area contributed by atoms with Gasteiger partial charge in [-0.25, -0.2) is 8.42 Å². The third-order valence-corrected chi connectivity index (χ3v) is 10.0. The molecule has 0 bridgehead atoms. The summed E-state index contributed by atoms with van der Waals surface area (Å²) in [5.41, 5.74) is 7.45. The van der Waals surface area contributed by atoms with Crippen LogP contribution in [0.25, 0.3) is 0 Å². The van der Waals surface area contributed by atoms with Crippen LogP contribution < -0.4 is 16.4 Å². The summed E-state index contributed by atoms with van der Waals surface area (Å²) in [5.74, 6) is -1.04. The molecule has 202 valence electrons. The van der Waals surface area contributed by atoms with Gasteiger partial charge in [-0.1, -0.05) is 37.3 Å². The Morgan fingerprint density at radius 3 is 2.26 bits per heavy atom. The SMILES string of the molecule is CCN(Cc1ccccc1)S(=O)(=O)c1ccc(C(=O)Nc2sc3c(c2C(N)=O)CC(C)(C)NC3(C)C)cc1. The third kappa shape index (κ3) is 5.54. The van der Waals surface area contributed by atoms with Crippen molar-refractivity contribution >= 4 is 38.2 Å². The molecule has 1 aliphatic heterocycles. The summed E-state index contributed by atoms with van der Waals surface area (Å²) < 4.78 is 27.9. The molecular weight excluding hydrogens is 520 g/mol. The van der Waals surface area contributed by atoms with E-state index in [2.05, 4.69) is 24.5 Å². The smallest absolute Gasteiger partial charge is 0.256 e. The third-order valence-electron chi connectivity index (χ3n) is 6.63. The van der Waals surface area contributed by atoms with E-state index in [1.807, 2.05) is 44.2 Å². The van der Waals surface area contributed by atoms with Crippen LogP contribution in [-0.4, -0.2) is 36.6 Å². The van der Waals surface area contributed by atoms with Crippen LogP contribution in [0.2, 0.25) is 0 Å². The number of primary amides is 1. The van der Waals surface area contributed by atoms with Gasteiger partial charge in [-0.2, -0.15) is 4.31 Å². The number of nitrogens with zero attached hydrogens (tertiary/aromatic N) is 1.